The topological polar surface area (TPSA) is 55.8 Å². The molecule has 25 heavy (non-hydrogen) atoms. The van der Waals surface area contributed by atoms with Crippen LogP contribution >= 0.6 is 0 Å². The second kappa shape index (κ2) is 10.2. The number of aldehydes is 1. The van der Waals surface area contributed by atoms with Crippen LogP contribution in [0.4, 0.5) is 4.79 Å². The zero-order valence-corrected chi connectivity index (χ0v) is 16.1. The molecule has 1 aromatic rings. The van der Waals surface area contributed by atoms with Crippen LogP contribution in [0, 0.1) is 5.92 Å². The minimum atomic E-state index is -0.537. The highest BCUT2D eigenvalue weighted by molar-refractivity contribution is 5.68. The van der Waals surface area contributed by atoms with Crippen molar-refractivity contribution in [2.75, 3.05) is 20.3 Å². The maximum absolute atomic E-state index is 12.6. The Morgan fingerprint density at radius 3 is 2.56 bits per heavy atom. The average Bonchev–Trinajstić information content (AvgIpc) is 2.51. The molecular weight excluding hydrogens is 318 g/mol. The smallest absolute Gasteiger partial charge is 0.410 e. The number of hydrogen-bond donors (Lipinski definition) is 0. The van der Waals surface area contributed by atoms with Crippen LogP contribution in [0.25, 0.3) is 0 Å². The SMILES string of the molecule is COCCC(C)CN(Cc1cccc(CC=O)c1)C(=O)OC(C)(C)C. The first-order valence-corrected chi connectivity index (χ1v) is 8.73. The second-order valence-corrected chi connectivity index (χ2v) is 7.44. The zero-order chi connectivity index (χ0) is 18.9. The fourth-order valence-corrected chi connectivity index (χ4v) is 2.49. The molecule has 0 bridgehead atoms. The van der Waals surface area contributed by atoms with Gasteiger partial charge in [-0.25, -0.2) is 4.79 Å². The average molecular weight is 349 g/mol. The molecule has 1 rings (SSSR count). The van der Waals surface area contributed by atoms with E-state index in [1.165, 1.54) is 0 Å². The lowest BCUT2D eigenvalue weighted by Gasteiger charge is -2.29. The predicted octanol–water partition coefficient (Wildman–Crippen LogP) is 3.84. The molecule has 1 unspecified atom stereocenters. The monoisotopic (exact) mass is 349 g/mol. The van der Waals surface area contributed by atoms with Gasteiger partial charge in [0.2, 0.25) is 0 Å². The molecule has 0 heterocycles. The largest absolute Gasteiger partial charge is 0.444 e. The van der Waals surface area contributed by atoms with Crippen LogP contribution in [-0.2, 0) is 27.2 Å². The molecule has 0 radical (unpaired) electrons. The van der Waals surface area contributed by atoms with Crippen molar-refractivity contribution in [1.29, 1.82) is 0 Å². The highest BCUT2D eigenvalue weighted by atomic mass is 16.6. The molecule has 0 fully saturated rings. The molecule has 0 saturated carbocycles. The zero-order valence-electron chi connectivity index (χ0n) is 16.1. The number of carbonyl (C=O) groups excluding carboxylic acids is 2. The number of methoxy groups -OCH3 is 1. The van der Waals surface area contributed by atoms with E-state index in [4.69, 9.17) is 9.47 Å². The summed E-state index contributed by atoms with van der Waals surface area (Å²) in [6.45, 7) is 9.40. The maximum atomic E-state index is 12.6. The molecule has 1 aromatic carbocycles. The van der Waals surface area contributed by atoms with E-state index in [1.54, 1.807) is 12.0 Å². The predicted molar refractivity (Wildman–Crippen MR) is 98.5 cm³/mol. The van der Waals surface area contributed by atoms with E-state index >= 15 is 0 Å². The van der Waals surface area contributed by atoms with Crippen molar-refractivity contribution in [2.24, 2.45) is 5.92 Å². The van der Waals surface area contributed by atoms with Gasteiger partial charge in [0.25, 0.3) is 0 Å². The van der Waals surface area contributed by atoms with Gasteiger partial charge in [-0.3, -0.25) is 0 Å². The van der Waals surface area contributed by atoms with Gasteiger partial charge in [0, 0.05) is 33.2 Å². The first-order valence-electron chi connectivity index (χ1n) is 8.73. The number of amides is 1. The summed E-state index contributed by atoms with van der Waals surface area (Å²) in [5.41, 5.74) is 1.40. The summed E-state index contributed by atoms with van der Waals surface area (Å²) in [6.07, 6.45) is 1.82. The molecule has 0 aliphatic heterocycles. The molecule has 140 valence electrons. The minimum absolute atomic E-state index is 0.297. The van der Waals surface area contributed by atoms with Gasteiger partial charge >= 0.3 is 6.09 Å². The van der Waals surface area contributed by atoms with E-state index in [2.05, 4.69) is 6.92 Å². The Kier molecular flexibility index (Phi) is 8.62. The van der Waals surface area contributed by atoms with Gasteiger partial charge in [-0.15, -0.1) is 0 Å². The van der Waals surface area contributed by atoms with Gasteiger partial charge in [0.05, 0.1) is 0 Å². The normalized spacial score (nSPS) is 12.5. The molecule has 0 aliphatic carbocycles. The number of nitrogens with zero attached hydrogens (tertiary/aromatic N) is 1. The molecule has 0 aliphatic rings. The first-order chi connectivity index (χ1) is 11.7. The quantitative estimate of drug-likeness (QED) is 0.636. The van der Waals surface area contributed by atoms with Crippen molar-refractivity contribution < 1.29 is 19.1 Å². The summed E-state index contributed by atoms with van der Waals surface area (Å²) in [7, 11) is 1.68. The van der Waals surface area contributed by atoms with Crippen molar-refractivity contribution in [2.45, 2.75) is 52.7 Å². The third-order valence-corrected chi connectivity index (χ3v) is 3.68. The van der Waals surface area contributed by atoms with Crippen LogP contribution in [0.2, 0.25) is 0 Å². The van der Waals surface area contributed by atoms with E-state index in [-0.39, 0.29) is 6.09 Å². The molecular formula is C20H31NO4. The highest BCUT2D eigenvalue weighted by Crippen LogP contribution is 2.16. The van der Waals surface area contributed by atoms with Gasteiger partial charge in [0.15, 0.2) is 0 Å². The van der Waals surface area contributed by atoms with Crippen LogP contribution in [0.1, 0.15) is 45.2 Å². The number of ether oxygens (including phenoxy) is 2. The van der Waals surface area contributed by atoms with Crippen LogP contribution in [0.5, 0.6) is 0 Å². The molecule has 1 atom stereocenters. The van der Waals surface area contributed by atoms with Gasteiger partial charge in [-0.2, -0.15) is 0 Å². The van der Waals surface area contributed by atoms with Crippen molar-refractivity contribution in [3.05, 3.63) is 35.4 Å². The van der Waals surface area contributed by atoms with E-state index in [9.17, 15) is 9.59 Å². The van der Waals surface area contributed by atoms with Crippen LogP contribution < -0.4 is 0 Å². The minimum Gasteiger partial charge on any atom is -0.444 e. The highest BCUT2D eigenvalue weighted by Gasteiger charge is 2.23. The first kappa shape index (κ1) is 21.2. The Balaban J connectivity index is 2.87. The summed E-state index contributed by atoms with van der Waals surface area (Å²) in [5, 5.41) is 0. The lowest BCUT2D eigenvalue weighted by molar-refractivity contribution is -0.107. The number of benzene rings is 1. The number of hydrogen-bond acceptors (Lipinski definition) is 4. The lowest BCUT2D eigenvalue weighted by Crippen LogP contribution is -2.39. The summed E-state index contributed by atoms with van der Waals surface area (Å²) >= 11 is 0. The Hall–Kier alpha value is -1.88. The third kappa shape index (κ3) is 8.68. The van der Waals surface area contributed by atoms with Crippen LogP contribution in [-0.4, -0.2) is 43.1 Å². The summed E-state index contributed by atoms with van der Waals surface area (Å²) < 4.78 is 10.7. The lowest BCUT2D eigenvalue weighted by atomic mass is 10.1. The molecule has 5 heteroatoms. The van der Waals surface area contributed by atoms with Gasteiger partial charge in [-0.1, -0.05) is 31.2 Å². The van der Waals surface area contributed by atoms with Crippen LogP contribution in [0.3, 0.4) is 0 Å². The Morgan fingerprint density at radius 2 is 1.96 bits per heavy atom. The molecule has 0 saturated heterocycles. The fourth-order valence-electron chi connectivity index (χ4n) is 2.49. The van der Waals surface area contributed by atoms with Gasteiger partial charge in [-0.05, 0) is 44.2 Å². The molecule has 0 spiro atoms. The van der Waals surface area contributed by atoms with Crippen molar-refractivity contribution >= 4 is 12.4 Å². The van der Waals surface area contributed by atoms with Gasteiger partial charge in [0.1, 0.15) is 11.9 Å². The number of carbonyl (C=O) groups is 2. The van der Waals surface area contributed by atoms with Crippen molar-refractivity contribution in [1.82, 2.24) is 4.90 Å². The van der Waals surface area contributed by atoms with Crippen LogP contribution in [0.15, 0.2) is 24.3 Å². The molecule has 5 nitrogen and oxygen atoms in total. The van der Waals surface area contributed by atoms with E-state index < -0.39 is 5.60 Å². The Bertz CT molecular complexity index is 551. The summed E-state index contributed by atoms with van der Waals surface area (Å²) in [5.74, 6) is 0.297. The molecule has 0 aromatic heterocycles. The maximum Gasteiger partial charge on any atom is 0.410 e. The van der Waals surface area contributed by atoms with E-state index in [0.29, 0.717) is 32.0 Å². The van der Waals surface area contributed by atoms with Crippen molar-refractivity contribution in [3.63, 3.8) is 0 Å². The van der Waals surface area contributed by atoms with Gasteiger partial charge < -0.3 is 19.2 Å². The Labute approximate surface area is 151 Å². The Morgan fingerprint density at radius 1 is 1.28 bits per heavy atom. The molecule has 0 N–H and O–H groups in total. The third-order valence-electron chi connectivity index (χ3n) is 3.68. The molecule has 1 amide bonds. The summed E-state index contributed by atoms with van der Waals surface area (Å²) in [4.78, 5) is 25.0. The fraction of sp³-hybridized carbons (Fsp3) is 0.600. The van der Waals surface area contributed by atoms with E-state index in [0.717, 1.165) is 23.8 Å². The summed E-state index contributed by atoms with van der Waals surface area (Å²) in [6, 6.07) is 7.75. The standard InChI is InChI=1S/C20H31NO4/c1-16(10-12-24-5)14-21(19(23)25-20(2,3)4)15-18-8-6-7-17(13-18)9-11-22/h6-8,11,13,16H,9-10,12,14-15H2,1-5H3. The second-order valence-electron chi connectivity index (χ2n) is 7.44. The van der Waals surface area contributed by atoms with E-state index in [1.807, 2.05) is 45.0 Å². The van der Waals surface area contributed by atoms with Crippen molar-refractivity contribution in [3.8, 4) is 0 Å². The number of rotatable bonds is 9.